The van der Waals surface area contributed by atoms with Gasteiger partial charge in [-0.25, -0.2) is 21.8 Å². The summed E-state index contributed by atoms with van der Waals surface area (Å²) in [4.78, 5) is 5.61. The molecule has 4 rings (SSSR count). The average molecular weight is 487 g/mol. The lowest BCUT2D eigenvalue weighted by atomic mass is 10.0. The minimum Gasteiger partial charge on any atom is -0.378 e. The van der Waals surface area contributed by atoms with Gasteiger partial charge in [0, 0.05) is 25.0 Å². The minimum atomic E-state index is -4.15. The molecule has 174 valence electrons. The molecule has 0 aliphatic carbocycles. The molecule has 0 N–H and O–H groups in total. The number of hydrogen-bond acceptors (Lipinski definition) is 7. The zero-order valence-electron chi connectivity index (χ0n) is 18.5. The molecular weight excluding hydrogens is 460 g/mol. The molecule has 2 heterocycles. The molecule has 1 saturated heterocycles. The Morgan fingerprint density at radius 1 is 0.848 bits per heavy atom. The quantitative estimate of drug-likeness (QED) is 0.524. The van der Waals surface area contributed by atoms with Crippen molar-refractivity contribution in [2.24, 2.45) is 0 Å². The predicted molar refractivity (Wildman–Crippen MR) is 125 cm³/mol. The normalized spacial score (nSPS) is 15.1. The van der Waals surface area contributed by atoms with Crippen LogP contribution in [0.1, 0.15) is 25.3 Å². The third-order valence-electron chi connectivity index (χ3n) is 5.65. The summed E-state index contributed by atoms with van der Waals surface area (Å²) in [6, 6.07) is 15.6. The molecule has 1 aromatic heterocycles. The van der Waals surface area contributed by atoms with E-state index in [2.05, 4.69) is 9.88 Å². The molecule has 1 fully saturated rings. The van der Waals surface area contributed by atoms with Gasteiger partial charge in [-0.1, -0.05) is 26.0 Å². The fourth-order valence-corrected chi connectivity index (χ4v) is 7.00. The van der Waals surface area contributed by atoms with Gasteiger partial charge in [-0.3, -0.25) is 0 Å². The second-order valence-corrected chi connectivity index (χ2v) is 11.9. The molecule has 0 bridgehead atoms. The molecule has 1 aliphatic rings. The van der Waals surface area contributed by atoms with Crippen LogP contribution in [0, 0.1) is 0 Å². The van der Waals surface area contributed by atoms with E-state index in [-0.39, 0.29) is 25.6 Å². The lowest BCUT2D eigenvalue weighted by Gasteiger charge is -2.28. The number of anilines is 1. The lowest BCUT2D eigenvalue weighted by Crippen LogP contribution is -2.36. The highest BCUT2D eigenvalue weighted by Gasteiger charge is 2.30. The molecule has 2 aromatic carbocycles. The van der Waals surface area contributed by atoms with Gasteiger partial charge in [0.1, 0.15) is 0 Å². The minimum absolute atomic E-state index is 0.0206. The van der Waals surface area contributed by atoms with Crippen LogP contribution < -0.4 is 4.90 Å². The molecule has 0 atom stereocenters. The third-order valence-corrected chi connectivity index (χ3v) is 9.32. The first-order chi connectivity index (χ1) is 15.7. The van der Waals surface area contributed by atoms with E-state index >= 15 is 0 Å². The smallest absolute Gasteiger partial charge is 0.225 e. The van der Waals surface area contributed by atoms with Gasteiger partial charge in [-0.15, -0.1) is 0 Å². The van der Waals surface area contributed by atoms with Crippen LogP contribution >= 0.6 is 0 Å². The highest BCUT2D eigenvalue weighted by molar-refractivity contribution is 7.94. The number of sulfone groups is 2. The van der Waals surface area contributed by atoms with Crippen molar-refractivity contribution in [1.82, 2.24) is 4.98 Å². The van der Waals surface area contributed by atoms with Crippen LogP contribution in [0.25, 0.3) is 0 Å². The number of morpholine rings is 1. The van der Waals surface area contributed by atoms with Crippen molar-refractivity contribution in [3.05, 3.63) is 72.4 Å². The molecule has 1 aliphatic heterocycles. The van der Waals surface area contributed by atoms with Crippen LogP contribution in [0.5, 0.6) is 0 Å². The predicted octanol–water partition coefficient (Wildman–Crippen LogP) is 3.71. The van der Waals surface area contributed by atoms with Crippen molar-refractivity contribution in [3.63, 3.8) is 0 Å². The molecule has 0 spiro atoms. The van der Waals surface area contributed by atoms with E-state index in [0.717, 1.165) is 24.3 Å². The maximum absolute atomic E-state index is 13.6. The second kappa shape index (κ2) is 9.24. The maximum atomic E-state index is 13.6. The molecule has 0 saturated carbocycles. The van der Waals surface area contributed by atoms with Gasteiger partial charge < -0.3 is 9.64 Å². The maximum Gasteiger partial charge on any atom is 0.225 e. The molecule has 0 unspecified atom stereocenters. The number of pyridine rings is 1. The number of benzene rings is 2. The lowest BCUT2D eigenvalue weighted by molar-refractivity contribution is 0.122. The Kier molecular flexibility index (Phi) is 6.56. The number of ether oxygens (including phenoxy) is 1. The molecule has 0 radical (unpaired) electrons. The Morgan fingerprint density at radius 3 is 2.15 bits per heavy atom. The van der Waals surface area contributed by atoms with E-state index in [1.807, 2.05) is 13.8 Å². The van der Waals surface area contributed by atoms with Crippen LogP contribution in [0.15, 0.2) is 86.6 Å². The summed E-state index contributed by atoms with van der Waals surface area (Å²) in [5.41, 5.74) is 1.62. The van der Waals surface area contributed by atoms with Crippen LogP contribution in [0.4, 0.5) is 5.69 Å². The molecule has 3 aromatic rings. The van der Waals surface area contributed by atoms with Crippen LogP contribution in [-0.4, -0.2) is 48.1 Å². The molecule has 7 nitrogen and oxygen atoms in total. The summed E-state index contributed by atoms with van der Waals surface area (Å²) in [6.45, 7) is 6.55. The van der Waals surface area contributed by atoms with Gasteiger partial charge in [0.05, 0.1) is 27.9 Å². The average Bonchev–Trinajstić information content (AvgIpc) is 2.84. The highest BCUT2D eigenvalue weighted by atomic mass is 32.2. The Balaban J connectivity index is 1.81. The molecule has 9 heteroatoms. The summed E-state index contributed by atoms with van der Waals surface area (Å²) in [5, 5.41) is -0.190. The number of rotatable bonds is 6. The Labute approximate surface area is 194 Å². The summed E-state index contributed by atoms with van der Waals surface area (Å²) in [7, 11) is -8.26. The fraction of sp³-hybridized carbons (Fsp3) is 0.292. The standard InChI is InChI=1S/C24H26N2O5S2/c1-18(2)19-6-11-22(23(17-19)33(29,30)24-5-3-4-12-25-24)32(27,28)21-9-7-20(8-10-21)26-13-15-31-16-14-26/h3-12,17-18H,13-16H2,1-2H3. The van der Waals surface area contributed by atoms with E-state index in [9.17, 15) is 16.8 Å². The van der Waals surface area contributed by atoms with E-state index in [0.29, 0.717) is 13.2 Å². The van der Waals surface area contributed by atoms with Crippen LogP contribution in [0.3, 0.4) is 0 Å². The van der Waals surface area contributed by atoms with Gasteiger partial charge in [0.25, 0.3) is 0 Å². The first-order valence-electron chi connectivity index (χ1n) is 10.7. The second-order valence-electron chi connectivity index (χ2n) is 8.13. The van der Waals surface area contributed by atoms with Crippen molar-refractivity contribution in [2.45, 2.75) is 39.5 Å². The monoisotopic (exact) mass is 486 g/mol. The number of nitrogens with zero attached hydrogens (tertiary/aromatic N) is 2. The first-order valence-corrected chi connectivity index (χ1v) is 13.7. The number of aromatic nitrogens is 1. The van der Waals surface area contributed by atoms with Crippen molar-refractivity contribution >= 4 is 25.4 Å². The van der Waals surface area contributed by atoms with Gasteiger partial charge >= 0.3 is 0 Å². The summed E-state index contributed by atoms with van der Waals surface area (Å²) in [5.74, 6) is 0.0206. The van der Waals surface area contributed by atoms with E-state index in [1.54, 1.807) is 30.3 Å². The first kappa shape index (κ1) is 23.4. The molecule has 33 heavy (non-hydrogen) atoms. The topological polar surface area (TPSA) is 93.6 Å². The van der Waals surface area contributed by atoms with Crippen LogP contribution in [0.2, 0.25) is 0 Å². The Morgan fingerprint density at radius 2 is 1.55 bits per heavy atom. The molecular formula is C24H26N2O5S2. The molecule has 0 amide bonds. The van der Waals surface area contributed by atoms with Gasteiger partial charge in [-0.05, 0) is 60.0 Å². The third kappa shape index (κ3) is 4.66. The highest BCUT2D eigenvalue weighted by Crippen LogP contribution is 2.33. The largest absolute Gasteiger partial charge is 0.378 e. The van der Waals surface area contributed by atoms with Crippen molar-refractivity contribution in [1.29, 1.82) is 0 Å². The van der Waals surface area contributed by atoms with Gasteiger partial charge in [-0.2, -0.15) is 0 Å². The van der Waals surface area contributed by atoms with E-state index < -0.39 is 19.7 Å². The Bertz CT molecular complexity index is 1330. The Hall–Kier alpha value is -2.75. The van der Waals surface area contributed by atoms with Crippen molar-refractivity contribution < 1.29 is 21.6 Å². The SMILES string of the molecule is CC(C)c1ccc(S(=O)(=O)c2ccc(N3CCOCC3)cc2)c(S(=O)(=O)c2ccccn2)c1. The van der Waals surface area contributed by atoms with Crippen LogP contribution in [-0.2, 0) is 24.4 Å². The zero-order valence-corrected chi connectivity index (χ0v) is 20.1. The summed E-state index contributed by atoms with van der Waals surface area (Å²) in [6.07, 6.45) is 1.37. The van der Waals surface area contributed by atoms with E-state index in [1.165, 1.54) is 36.5 Å². The van der Waals surface area contributed by atoms with Crippen molar-refractivity contribution in [3.8, 4) is 0 Å². The fourth-order valence-electron chi connectivity index (χ4n) is 3.72. The number of hydrogen-bond donors (Lipinski definition) is 0. The van der Waals surface area contributed by atoms with Crippen molar-refractivity contribution in [2.75, 3.05) is 31.2 Å². The summed E-state index contributed by atoms with van der Waals surface area (Å²) >= 11 is 0. The van der Waals surface area contributed by atoms with Gasteiger partial charge in [0.15, 0.2) is 5.03 Å². The summed E-state index contributed by atoms with van der Waals surface area (Å²) < 4.78 is 59.4. The van der Waals surface area contributed by atoms with Gasteiger partial charge in [0.2, 0.25) is 19.7 Å². The van der Waals surface area contributed by atoms with E-state index in [4.69, 9.17) is 4.74 Å². The zero-order chi connectivity index (χ0) is 23.6.